The van der Waals surface area contributed by atoms with Crippen molar-refractivity contribution in [1.82, 2.24) is 19.5 Å². The lowest BCUT2D eigenvalue weighted by Gasteiger charge is -2.29. The van der Waals surface area contributed by atoms with Crippen molar-refractivity contribution in [3.8, 4) is 33.9 Å². The van der Waals surface area contributed by atoms with E-state index in [0.29, 0.717) is 5.82 Å². The molecule has 0 aliphatic carbocycles. The predicted molar refractivity (Wildman–Crippen MR) is 140 cm³/mol. The zero-order valence-electron chi connectivity index (χ0n) is 18.8. The van der Waals surface area contributed by atoms with Gasteiger partial charge >= 0.3 is 0 Å². The minimum Gasteiger partial charge on any atom is -0.358 e. The number of para-hydroxylation sites is 3. The Bertz CT molecular complexity index is 1610. The molecule has 3 heterocycles. The second kappa shape index (κ2) is 7.92. The number of nitrogens with zero attached hydrogens (tertiary/aromatic N) is 4. The molecule has 5 heteroatoms. The molecular weight excluding hydrogens is 430 g/mol. The fourth-order valence-corrected chi connectivity index (χ4v) is 4.79. The van der Waals surface area contributed by atoms with E-state index >= 15 is 0 Å². The summed E-state index contributed by atoms with van der Waals surface area (Å²) in [7, 11) is 0. The molecule has 1 aliphatic rings. The van der Waals surface area contributed by atoms with Gasteiger partial charge in [0.1, 0.15) is 5.82 Å². The maximum absolute atomic E-state index is 5.09. The number of hydrogen-bond acceptors (Lipinski definition) is 4. The Kier molecular flexibility index (Phi) is 4.45. The minimum absolute atomic E-state index is 0.307. The number of fused-ring (bicyclic) bond motifs is 5. The Morgan fingerprint density at radius 2 is 1.20 bits per heavy atom. The number of hydrogen-bond donors (Lipinski definition) is 1. The van der Waals surface area contributed by atoms with Crippen molar-refractivity contribution in [2.45, 2.75) is 6.17 Å². The van der Waals surface area contributed by atoms with Crippen LogP contribution in [0.1, 0.15) is 12.0 Å². The molecule has 4 aromatic carbocycles. The molecule has 166 valence electrons. The van der Waals surface area contributed by atoms with Crippen LogP contribution in [0.4, 0.5) is 5.69 Å². The van der Waals surface area contributed by atoms with Crippen LogP contribution in [0.5, 0.6) is 0 Å². The first kappa shape index (κ1) is 19.7. The van der Waals surface area contributed by atoms with Gasteiger partial charge in [0.2, 0.25) is 0 Å². The van der Waals surface area contributed by atoms with Crippen LogP contribution >= 0.6 is 0 Å². The quantitative estimate of drug-likeness (QED) is 0.321. The highest BCUT2D eigenvalue weighted by Crippen LogP contribution is 2.40. The van der Waals surface area contributed by atoms with Gasteiger partial charge in [-0.1, -0.05) is 84.9 Å². The molecule has 1 N–H and O–H groups in total. The highest BCUT2D eigenvalue weighted by Gasteiger charge is 2.30. The van der Waals surface area contributed by atoms with Gasteiger partial charge in [0.25, 0.3) is 0 Å². The highest BCUT2D eigenvalue weighted by molar-refractivity contribution is 5.86. The van der Waals surface area contributed by atoms with Crippen LogP contribution in [0.25, 0.3) is 44.9 Å². The third-order valence-corrected chi connectivity index (χ3v) is 6.44. The molecule has 0 amide bonds. The number of anilines is 1. The van der Waals surface area contributed by atoms with E-state index in [1.165, 1.54) is 0 Å². The van der Waals surface area contributed by atoms with Gasteiger partial charge in [0, 0.05) is 22.4 Å². The highest BCUT2D eigenvalue weighted by atomic mass is 15.3. The summed E-state index contributed by atoms with van der Waals surface area (Å²) in [5.41, 5.74) is 7.98. The van der Waals surface area contributed by atoms with Crippen LogP contribution in [0, 0.1) is 0 Å². The smallest absolute Gasteiger partial charge is 0.173 e. The van der Waals surface area contributed by atoms with Crippen molar-refractivity contribution in [2.75, 3.05) is 5.32 Å². The van der Waals surface area contributed by atoms with Crippen LogP contribution in [0.3, 0.4) is 0 Å². The van der Waals surface area contributed by atoms with Gasteiger partial charge in [-0.3, -0.25) is 4.57 Å². The average molecular weight is 452 g/mol. The molecule has 0 radical (unpaired) electrons. The molecule has 35 heavy (non-hydrogen) atoms. The number of nitrogens with one attached hydrogen (secondary N) is 1. The average Bonchev–Trinajstić information content (AvgIpc) is 3.33. The lowest BCUT2D eigenvalue weighted by Crippen LogP contribution is -2.27. The molecule has 1 aliphatic heterocycles. The van der Waals surface area contributed by atoms with Crippen molar-refractivity contribution >= 4 is 16.7 Å². The van der Waals surface area contributed by atoms with Crippen molar-refractivity contribution in [3.63, 3.8) is 0 Å². The summed E-state index contributed by atoms with van der Waals surface area (Å²) >= 11 is 0. The second-order valence-electron chi connectivity index (χ2n) is 8.62. The fraction of sp³-hybridized carbons (Fsp3) is 0.0333. The number of imidazole rings is 1. The Balaban J connectivity index is 1.49. The van der Waals surface area contributed by atoms with Gasteiger partial charge in [0.15, 0.2) is 12.0 Å². The summed E-state index contributed by atoms with van der Waals surface area (Å²) in [5, 5.41) is 3.70. The van der Waals surface area contributed by atoms with E-state index in [1.807, 2.05) is 60.7 Å². The topological polar surface area (TPSA) is 55.6 Å². The summed E-state index contributed by atoms with van der Waals surface area (Å²) in [4.78, 5) is 15.2. The summed E-state index contributed by atoms with van der Waals surface area (Å²) in [6, 6.07) is 39.1. The Hall–Kier alpha value is -4.77. The van der Waals surface area contributed by atoms with E-state index in [1.54, 1.807) is 0 Å². The molecule has 5 nitrogen and oxygen atoms in total. The van der Waals surface area contributed by atoms with Gasteiger partial charge < -0.3 is 5.32 Å². The Morgan fingerprint density at radius 1 is 0.600 bits per heavy atom. The van der Waals surface area contributed by atoms with Gasteiger partial charge in [-0.15, -0.1) is 0 Å². The largest absolute Gasteiger partial charge is 0.358 e. The van der Waals surface area contributed by atoms with Gasteiger partial charge in [-0.05, 0) is 30.3 Å². The predicted octanol–water partition coefficient (Wildman–Crippen LogP) is 6.80. The number of aromatic nitrogens is 4. The minimum atomic E-state index is -0.307. The fourth-order valence-electron chi connectivity index (χ4n) is 4.79. The van der Waals surface area contributed by atoms with E-state index in [2.05, 4.69) is 64.5 Å². The van der Waals surface area contributed by atoms with E-state index in [0.717, 1.165) is 50.6 Å². The lowest BCUT2D eigenvalue weighted by molar-refractivity contribution is 0.627. The summed E-state index contributed by atoms with van der Waals surface area (Å²) in [6.45, 7) is 0. The standard InChI is InChI=1S/C30H21N5/c1-3-11-20(12-4-1)25-19-26(21-13-5-2-6-14-21)32-28(31-25)30-33-23-16-8-7-15-22(23)29-34-24-17-9-10-18-27(24)35(29)30/h1-19,30,33H. The van der Waals surface area contributed by atoms with Gasteiger partial charge in [-0.2, -0.15) is 0 Å². The van der Waals surface area contributed by atoms with E-state index in [-0.39, 0.29) is 6.17 Å². The lowest BCUT2D eigenvalue weighted by atomic mass is 10.1. The van der Waals surface area contributed by atoms with Crippen LogP contribution in [-0.2, 0) is 0 Å². The normalized spacial score (nSPS) is 14.2. The van der Waals surface area contributed by atoms with Gasteiger partial charge in [0.05, 0.1) is 22.4 Å². The van der Waals surface area contributed by atoms with Crippen LogP contribution < -0.4 is 5.32 Å². The van der Waals surface area contributed by atoms with Crippen LogP contribution in [0.15, 0.2) is 115 Å². The first-order chi connectivity index (χ1) is 17.3. The first-order valence-electron chi connectivity index (χ1n) is 11.7. The van der Waals surface area contributed by atoms with E-state index in [9.17, 15) is 0 Å². The molecule has 0 fully saturated rings. The van der Waals surface area contributed by atoms with Crippen LogP contribution in [0.2, 0.25) is 0 Å². The number of rotatable bonds is 3. The maximum Gasteiger partial charge on any atom is 0.173 e. The SMILES string of the molecule is c1ccc(-c2cc(-c3ccccc3)nc(C3Nc4ccccc4-c4nc5ccccc5n43)n2)cc1. The molecule has 0 saturated carbocycles. The van der Waals surface area contributed by atoms with Crippen molar-refractivity contribution in [2.24, 2.45) is 0 Å². The van der Waals surface area contributed by atoms with Crippen molar-refractivity contribution in [1.29, 1.82) is 0 Å². The summed E-state index contributed by atoms with van der Waals surface area (Å²) in [5.74, 6) is 1.62. The molecule has 0 saturated heterocycles. The molecule has 0 spiro atoms. The second-order valence-corrected chi connectivity index (χ2v) is 8.62. The number of benzene rings is 4. The third-order valence-electron chi connectivity index (χ3n) is 6.44. The molecule has 6 aromatic rings. The zero-order chi connectivity index (χ0) is 23.2. The van der Waals surface area contributed by atoms with E-state index in [4.69, 9.17) is 15.0 Å². The monoisotopic (exact) mass is 451 g/mol. The summed E-state index contributed by atoms with van der Waals surface area (Å²) < 4.78 is 2.22. The zero-order valence-corrected chi connectivity index (χ0v) is 18.8. The summed E-state index contributed by atoms with van der Waals surface area (Å²) in [6.07, 6.45) is -0.307. The Labute approximate surface area is 202 Å². The molecule has 2 aromatic heterocycles. The molecular formula is C30H21N5. The molecule has 7 rings (SSSR count). The molecule has 1 atom stereocenters. The molecule has 0 bridgehead atoms. The van der Waals surface area contributed by atoms with Crippen molar-refractivity contribution < 1.29 is 0 Å². The van der Waals surface area contributed by atoms with E-state index < -0.39 is 0 Å². The van der Waals surface area contributed by atoms with Crippen molar-refractivity contribution in [3.05, 3.63) is 121 Å². The maximum atomic E-state index is 5.09. The first-order valence-corrected chi connectivity index (χ1v) is 11.7. The molecule has 1 unspecified atom stereocenters. The van der Waals surface area contributed by atoms with Gasteiger partial charge in [-0.25, -0.2) is 15.0 Å². The van der Waals surface area contributed by atoms with Crippen LogP contribution in [-0.4, -0.2) is 19.5 Å². The third kappa shape index (κ3) is 3.28. The Morgan fingerprint density at radius 3 is 1.91 bits per heavy atom.